The van der Waals surface area contributed by atoms with E-state index < -0.39 is 0 Å². The largest absolute Gasteiger partial charge is 0.137 e. The highest BCUT2D eigenvalue weighted by Gasteiger charge is 1.89. The molecule has 0 spiro atoms. The average Bonchev–Trinajstić information content (AvgIpc) is 2.15. The van der Waals surface area contributed by atoms with E-state index in [1.165, 1.54) is 16.7 Å². The van der Waals surface area contributed by atoms with Crippen molar-refractivity contribution in [2.24, 2.45) is 0 Å². The summed E-state index contributed by atoms with van der Waals surface area (Å²) in [7, 11) is 0. The molecule has 0 radical (unpaired) electrons. The molecule has 0 atom stereocenters. The van der Waals surface area contributed by atoms with E-state index in [0.29, 0.717) is 0 Å². The van der Waals surface area contributed by atoms with E-state index in [4.69, 9.17) is 0 Å². The predicted octanol–water partition coefficient (Wildman–Crippen LogP) is 5.72. The molecule has 0 bridgehead atoms. The van der Waals surface area contributed by atoms with Crippen molar-refractivity contribution in [2.45, 2.75) is 47.0 Å². The molecule has 0 aromatic rings. The van der Waals surface area contributed by atoms with Crippen molar-refractivity contribution in [1.82, 2.24) is 0 Å². The van der Waals surface area contributed by atoms with E-state index in [1.54, 1.807) is 0 Å². The molecule has 0 amide bonds. The molecule has 2 heteroatoms. The Bertz CT molecular complexity index is 336. The topological polar surface area (TPSA) is 0 Å². The van der Waals surface area contributed by atoms with E-state index in [-0.39, 0.29) is 0 Å². The van der Waals surface area contributed by atoms with Crippen molar-refractivity contribution in [3.05, 3.63) is 45.3 Å². The van der Waals surface area contributed by atoms with Crippen LogP contribution < -0.4 is 0 Å². The van der Waals surface area contributed by atoms with Crippen molar-refractivity contribution < 1.29 is 0 Å². The Labute approximate surface area is 117 Å². The molecule has 0 N–H and O–H groups in total. The van der Waals surface area contributed by atoms with Gasteiger partial charge < -0.3 is 0 Å². The van der Waals surface area contributed by atoms with Gasteiger partial charge in [-0.2, -0.15) is 0 Å². The van der Waals surface area contributed by atoms with Crippen molar-refractivity contribution in [3.8, 4) is 0 Å². The van der Waals surface area contributed by atoms with Crippen LogP contribution >= 0.6 is 25.3 Å². The van der Waals surface area contributed by atoms with Gasteiger partial charge in [0.25, 0.3) is 0 Å². The number of allylic oxidation sites excluding steroid dienone is 7. The SMILES string of the molecule is CC(C)=CCC/C(C)=C/C/C=C(\C)C=C(S)S. The van der Waals surface area contributed by atoms with Gasteiger partial charge in [-0.05, 0) is 53.0 Å². The van der Waals surface area contributed by atoms with Gasteiger partial charge in [0.1, 0.15) is 0 Å². The first-order valence-electron chi connectivity index (χ1n) is 5.97. The second-order valence-corrected chi connectivity index (χ2v) is 5.87. The summed E-state index contributed by atoms with van der Waals surface area (Å²) in [6.07, 6.45) is 12.0. The zero-order valence-electron chi connectivity index (χ0n) is 11.3. The minimum absolute atomic E-state index is 0.753. The number of rotatable bonds is 6. The zero-order chi connectivity index (χ0) is 13.3. The summed E-state index contributed by atoms with van der Waals surface area (Å²) in [6.45, 7) is 8.55. The minimum Gasteiger partial charge on any atom is -0.137 e. The normalized spacial score (nSPS) is 12.4. The summed E-state index contributed by atoms with van der Waals surface area (Å²) in [6, 6.07) is 0. The van der Waals surface area contributed by atoms with Crippen LogP contribution in [0, 0.1) is 0 Å². The van der Waals surface area contributed by atoms with Crippen LogP contribution in [0.4, 0.5) is 0 Å². The molecule has 0 saturated heterocycles. The Morgan fingerprint density at radius 2 is 1.59 bits per heavy atom. The molecule has 0 nitrogen and oxygen atoms in total. The molecule has 0 unspecified atom stereocenters. The van der Waals surface area contributed by atoms with E-state index in [1.807, 2.05) is 6.08 Å². The number of hydrogen-bond donors (Lipinski definition) is 2. The molecule has 0 heterocycles. The minimum atomic E-state index is 0.753. The van der Waals surface area contributed by atoms with Crippen LogP contribution in [0.5, 0.6) is 0 Å². The fourth-order valence-electron chi connectivity index (χ4n) is 1.40. The van der Waals surface area contributed by atoms with Crippen LogP contribution in [0.2, 0.25) is 0 Å². The first-order chi connectivity index (χ1) is 7.91. The molecule has 0 aromatic heterocycles. The second kappa shape index (κ2) is 9.67. The smallest absolute Gasteiger partial charge is 0.0342 e. The molecule has 0 fully saturated rings. The average molecular weight is 268 g/mol. The van der Waals surface area contributed by atoms with Crippen LogP contribution in [0.25, 0.3) is 0 Å². The van der Waals surface area contributed by atoms with Gasteiger partial charge >= 0.3 is 0 Å². The number of thiol groups is 2. The van der Waals surface area contributed by atoms with Gasteiger partial charge in [-0.3, -0.25) is 0 Å². The Morgan fingerprint density at radius 3 is 2.12 bits per heavy atom. The maximum atomic E-state index is 4.13. The third kappa shape index (κ3) is 11.9. The van der Waals surface area contributed by atoms with Gasteiger partial charge in [0, 0.05) is 4.24 Å². The molecule has 0 rings (SSSR count). The van der Waals surface area contributed by atoms with Crippen LogP contribution in [0.3, 0.4) is 0 Å². The first-order valence-corrected chi connectivity index (χ1v) is 6.86. The lowest BCUT2D eigenvalue weighted by molar-refractivity contribution is 0.958. The number of hydrogen-bond acceptors (Lipinski definition) is 2. The van der Waals surface area contributed by atoms with Crippen LogP contribution in [0.15, 0.2) is 45.3 Å². The summed E-state index contributed by atoms with van der Waals surface area (Å²) >= 11 is 8.26. The Kier molecular flexibility index (Phi) is 9.47. The monoisotopic (exact) mass is 268 g/mol. The van der Waals surface area contributed by atoms with Gasteiger partial charge in [0.15, 0.2) is 0 Å². The summed E-state index contributed by atoms with van der Waals surface area (Å²) in [5, 5.41) is 0. The van der Waals surface area contributed by atoms with Crippen LogP contribution in [0.1, 0.15) is 47.0 Å². The predicted molar refractivity (Wildman–Crippen MR) is 86.9 cm³/mol. The lowest BCUT2D eigenvalue weighted by Crippen LogP contribution is -1.77. The molecule has 0 aliphatic carbocycles. The van der Waals surface area contributed by atoms with Crippen LogP contribution in [-0.4, -0.2) is 0 Å². The van der Waals surface area contributed by atoms with Gasteiger partial charge in [-0.15, -0.1) is 25.3 Å². The highest BCUT2D eigenvalue weighted by molar-refractivity contribution is 8.05. The quantitative estimate of drug-likeness (QED) is 0.344. The molecular formula is C15H24S2. The van der Waals surface area contributed by atoms with Gasteiger partial charge in [-0.25, -0.2) is 0 Å². The molecule has 0 aliphatic heterocycles. The Hall–Kier alpha value is -0.340. The van der Waals surface area contributed by atoms with Gasteiger partial charge in [0.2, 0.25) is 0 Å². The van der Waals surface area contributed by atoms with Crippen LogP contribution in [-0.2, 0) is 0 Å². The Balaban J connectivity index is 4.08. The Morgan fingerprint density at radius 1 is 0.941 bits per heavy atom. The third-order valence-corrected chi connectivity index (χ3v) is 2.61. The summed E-state index contributed by atoms with van der Waals surface area (Å²) < 4.78 is 0.753. The van der Waals surface area contributed by atoms with E-state index >= 15 is 0 Å². The molecule has 96 valence electrons. The van der Waals surface area contributed by atoms with Crippen molar-refractivity contribution in [1.29, 1.82) is 0 Å². The molecule has 0 aromatic carbocycles. The van der Waals surface area contributed by atoms with E-state index in [0.717, 1.165) is 23.5 Å². The van der Waals surface area contributed by atoms with Crippen molar-refractivity contribution >= 4 is 25.3 Å². The lowest BCUT2D eigenvalue weighted by atomic mass is 10.1. The first kappa shape index (κ1) is 16.7. The second-order valence-electron chi connectivity index (χ2n) is 4.56. The van der Waals surface area contributed by atoms with E-state index in [2.05, 4.69) is 71.2 Å². The molecule has 0 aliphatic rings. The zero-order valence-corrected chi connectivity index (χ0v) is 13.1. The summed E-state index contributed by atoms with van der Waals surface area (Å²) in [5.41, 5.74) is 4.06. The highest BCUT2D eigenvalue weighted by atomic mass is 32.2. The summed E-state index contributed by atoms with van der Waals surface area (Å²) in [5.74, 6) is 0. The molecular weight excluding hydrogens is 244 g/mol. The van der Waals surface area contributed by atoms with Gasteiger partial charge in [-0.1, -0.05) is 34.9 Å². The molecule has 17 heavy (non-hydrogen) atoms. The van der Waals surface area contributed by atoms with Crippen molar-refractivity contribution in [3.63, 3.8) is 0 Å². The fourth-order valence-corrected chi connectivity index (χ4v) is 1.81. The maximum Gasteiger partial charge on any atom is 0.0342 e. The van der Waals surface area contributed by atoms with Crippen molar-refractivity contribution in [2.75, 3.05) is 0 Å². The summed E-state index contributed by atoms with van der Waals surface area (Å²) in [4.78, 5) is 0. The lowest BCUT2D eigenvalue weighted by Gasteiger charge is -1.98. The van der Waals surface area contributed by atoms with Gasteiger partial charge in [0.05, 0.1) is 0 Å². The standard InChI is InChI=1S/C15H24S2/c1-12(2)7-5-8-13(3)9-6-10-14(4)11-15(16)17/h7,9-11,16-17H,5-6,8H2,1-4H3/b13-9+,14-10+. The van der Waals surface area contributed by atoms with E-state index in [9.17, 15) is 0 Å². The molecule has 0 saturated carbocycles. The third-order valence-electron chi connectivity index (χ3n) is 2.35. The fraction of sp³-hybridized carbons (Fsp3) is 0.467. The maximum absolute atomic E-state index is 4.13. The highest BCUT2D eigenvalue weighted by Crippen LogP contribution is 2.11.